The van der Waals surface area contributed by atoms with Gasteiger partial charge in [0.05, 0.1) is 5.92 Å². The molecule has 2 N–H and O–H groups in total. The van der Waals surface area contributed by atoms with Crippen LogP contribution in [0.3, 0.4) is 0 Å². The van der Waals surface area contributed by atoms with Crippen molar-refractivity contribution < 1.29 is 23.1 Å². The third kappa shape index (κ3) is 4.12. The van der Waals surface area contributed by atoms with Crippen LogP contribution in [0.25, 0.3) is 0 Å². The van der Waals surface area contributed by atoms with Crippen LogP contribution in [0.15, 0.2) is 0 Å². The summed E-state index contributed by atoms with van der Waals surface area (Å²) in [5.74, 6) is -2.88. The Bertz CT molecular complexity index is 181. The molecule has 6 heteroatoms. The summed E-state index contributed by atoms with van der Waals surface area (Å²) in [6.45, 7) is 0.966. The number of carbonyl (C=O) groups is 1. The van der Waals surface area contributed by atoms with Gasteiger partial charge in [-0.15, -0.1) is 0 Å². The van der Waals surface area contributed by atoms with E-state index < -0.39 is 30.5 Å². The predicted octanol–water partition coefficient (Wildman–Crippen LogP) is 1.25. The van der Waals surface area contributed by atoms with E-state index in [1.54, 1.807) is 0 Å². The minimum atomic E-state index is -4.33. The molecule has 2 unspecified atom stereocenters. The van der Waals surface area contributed by atoms with E-state index in [9.17, 15) is 18.0 Å². The highest BCUT2D eigenvalue weighted by atomic mass is 19.4. The van der Waals surface area contributed by atoms with Gasteiger partial charge in [0.25, 0.3) is 0 Å². The van der Waals surface area contributed by atoms with Crippen molar-refractivity contribution in [2.45, 2.75) is 25.6 Å². The van der Waals surface area contributed by atoms with Crippen LogP contribution in [0.1, 0.15) is 13.3 Å². The number of rotatable bonds is 4. The zero-order valence-corrected chi connectivity index (χ0v) is 7.35. The molecule has 0 spiro atoms. The third-order valence-corrected chi connectivity index (χ3v) is 1.79. The minimum Gasteiger partial charge on any atom is -0.480 e. The van der Waals surface area contributed by atoms with Crippen LogP contribution in [0, 0.1) is 5.92 Å². The molecule has 0 bridgehead atoms. The standard InChI is InChI=1S/C7H12F3NO2/c1-4(7(8,9)10)3-5(11-2)6(12)13/h4-5,11H,3H2,1-2H3,(H,12,13). The average Bonchev–Trinajstić information content (AvgIpc) is 1.96. The molecule has 0 aliphatic heterocycles. The van der Waals surface area contributed by atoms with Crippen LogP contribution >= 0.6 is 0 Å². The lowest BCUT2D eigenvalue weighted by molar-refractivity contribution is -0.174. The Balaban J connectivity index is 4.17. The highest BCUT2D eigenvalue weighted by molar-refractivity contribution is 5.73. The van der Waals surface area contributed by atoms with Crippen molar-refractivity contribution in [1.82, 2.24) is 5.32 Å². The number of carboxylic acid groups (broad SMARTS) is 1. The number of hydrogen-bond donors (Lipinski definition) is 2. The molecule has 3 nitrogen and oxygen atoms in total. The van der Waals surface area contributed by atoms with Crippen LogP contribution < -0.4 is 5.32 Å². The first kappa shape index (κ1) is 12.2. The first-order valence-electron chi connectivity index (χ1n) is 3.75. The Kier molecular flexibility index (Phi) is 4.19. The molecule has 13 heavy (non-hydrogen) atoms. The molecule has 0 aliphatic carbocycles. The summed E-state index contributed by atoms with van der Waals surface area (Å²) >= 11 is 0. The van der Waals surface area contributed by atoms with E-state index >= 15 is 0 Å². The summed E-state index contributed by atoms with van der Waals surface area (Å²) in [6, 6.07) is -1.14. The summed E-state index contributed by atoms with van der Waals surface area (Å²) in [5, 5.41) is 10.8. The Morgan fingerprint density at radius 2 is 2.00 bits per heavy atom. The third-order valence-electron chi connectivity index (χ3n) is 1.79. The Hall–Kier alpha value is -0.780. The first-order chi connectivity index (χ1) is 5.79. The number of carboxylic acids is 1. The van der Waals surface area contributed by atoms with E-state index in [0.29, 0.717) is 0 Å². The fourth-order valence-corrected chi connectivity index (χ4v) is 0.829. The van der Waals surface area contributed by atoms with E-state index in [-0.39, 0.29) is 0 Å². The van der Waals surface area contributed by atoms with Gasteiger partial charge >= 0.3 is 12.1 Å². The zero-order valence-electron chi connectivity index (χ0n) is 7.35. The van der Waals surface area contributed by atoms with Gasteiger partial charge in [0, 0.05) is 0 Å². The predicted molar refractivity (Wildman–Crippen MR) is 40.3 cm³/mol. The van der Waals surface area contributed by atoms with Crippen molar-refractivity contribution in [2.75, 3.05) is 7.05 Å². The number of nitrogens with one attached hydrogen (secondary N) is 1. The lowest BCUT2D eigenvalue weighted by Gasteiger charge is -2.19. The van der Waals surface area contributed by atoms with Gasteiger partial charge in [-0.1, -0.05) is 6.92 Å². The molecular formula is C7H12F3NO2. The SMILES string of the molecule is CNC(CC(C)C(F)(F)F)C(=O)O. The lowest BCUT2D eigenvalue weighted by atomic mass is 10.0. The maximum absolute atomic E-state index is 12.0. The largest absolute Gasteiger partial charge is 0.480 e. The Morgan fingerprint density at radius 3 is 2.23 bits per heavy atom. The van der Waals surface area contributed by atoms with E-state index in [1.165, 1.54) is 7.05 Å². The number of likely N-dealkylation sites (N-methyl/N-ethyl adjacent to an activating group) is 1. The van der Waals surface area contributed by atoms with Gasteiger partial charge in [-0.25, -0.2) is 0 Å². The van der Waals surface area contributed by atoms with E-state index in [2.05, 4.69) is 5.32 Å². The highest BCUT2D eigenvalue weighted by Gasteiger charge is 2.38. The van der Waals surface area contributed by atoms with Gasteiger partial charge in [0.15, 0.2) is 0 Å². The molecule has 0 rings (SSSR count). The summed E-state index contributed by atoms with van der Waals surface area (Å²) in [4.78, 5) is 10.4. The van der Waals surface area contributed by atoms with Crippen LogP contribution in [0.2, 0.25) is 0 Å². The van der Waals surface area contributed by atoms with Crippen molar-refractivity contribution in [1.29, 1.82) is 0 Å². The van der Waals surface area contributed by atoms with Crippen LogP contribution in [-0.4, -0.2) is 30.3 Å². The second-order valence-electron chi connectivity index (χ2n) is 2.86. The molecule has 0 radical (unpaired) electrons. The van der Waals surface area contributed by atoms with Crippen molar-refractivity contribution in [2.24, 2.45) is 5.92 Å². The van der Waals surface area contributed by atoms with Crippen LogP contribution in [0.4, 0.5) is 13.2 Å². The molecule has 0 saturated carbocycles. The molecule has 0 aromatic rings. The maximum Gasteiger partial charge on any atom is 0.391 e. The summed E-state index contributed by atoms with van der Waals surface area (Å²) < 4.78 is 36.0. The normalized spacial score (nSPS) is 16.7. The number of alkyl halides is 3. The summed E-state index contributed by atoms with van der Waals surface area (Å²) in [6.07, 6.45) is -4.78. The van der Waals surface area contributed by atoms with Crippen molar-refractivity contribution in [3.8, 4) is 0 Å². The molecule has 0 aromatic heterocycles. The van der Waals surface area contributed by atoms with E-state index in [4.69, 9.17) is 5.11 Å². The fraction of sp³-hybridized carbons (Fsp3) is 0.857. The van der Waals surface area contributed by atoms with Crippen LogP contribution in [0.5, 0.6) is 0 Å². The maximum atomic E-state index is 12.0. The van der Waals surface area contributed by atoms with Crippen LogP contribution in [-0.2, 0) is 4.79 Å². The first-order valence-corrected chi connectivity index (χ1v) is 3.75. The van der Waals surface area contributed by atoms with Gasteiger partial charge in [-0.05, 0) is 13.5 Å². The molecule has 0 amide bonds. The molecule has 0 fully saturated rings. The lowest BCUT2D eigenvalue weighted by Crippen LogP contribution is -2.38. The number of aliphatic carboxylic acids is 1. The molecule has 0 aliphatic rings. The fourth-order valence-electron chi connectivity index (χ4n) is 0.829. The summed E-state index contributed by atoms with van der Waals surface area (Å²) in [7, 11) is 1.32. The highest BCUT2D eigenvalue weighted by Crippen LogP contribution is 2.29. The van der Waals surface area contributed by atoms with Crippen molar-refractivity contribution in [3.05, 3.63) is 0 Å². The zero-order chi connectivity index (χ0) is 10.6. The minimum absolute atomic E-state index is 0.449. The average molecular weight is 199 g/mol. The number of hydrogen-bond acceptors (Lipinski definition) is 2. The van der Waals surface area contributed by atoms with E-state index in [0.717, 1.165) is 6.92 Å². The molecular weight excluding hydrogens is 187 g/mol. The molecule has 78 valence electrons. The Morgan fingerprint density at radius 1 is 1.54 bits per heavy atom. The molecule has 0 saturated heterocycles. The van der Waals surface area contributed by atoms with Gasteiger partial charge in [-0.2, -0.15) is 13.2 Å². The number of halogens is 3. The van der Waals surface area contributed by atoms with Gasteiger partial charge in [0.2, 0.25) is 0 Å². The van der Waals surface area contributed by atoms with Gasteiger partial charge in [-0.3, -0.25) is 4.79 Å². The topological polar surface area (TPSA) is 49.3 Å². The second kappa shape index (κ2) is 4.45. The monoisotopic (exact) mass is 199 g/mol. The smallest absolute Gasteiger partial charge is 0.391 e. The molecule has 0 aromatic carbocycles. The van der Waals surface area contributed by atoms with Crippen molar-refractivity contribution >= 4 is 5.97 Å². The quantitative estimate of drug-likeness (QED) is 0.716. The second-order valence-corrected chi connectivity index (χ2v) is 2.86. The Labute approximate surface area is 73.9 Å². The van der Waals surface area contributed by atoms with E-state index in [1.807, 2.05) is 0 Å². The van der Waals surface area contributed by atoms with Gasteiger partial charge in [0.1, 0.15) is 6.04 Å². The summed E-state index contributed by atoms with van der Waals surface area (Å²) in [5.41, 5.74) is 0. The van der Waals surface area contributed by atoms with Gasteiger partial charge < -0.3 is 10.4 Å². The molecule has 2 atom stereocenters. The van der Waals surface area contributed by atoms with Crippen molar-refractivity contribution in [3.63, 3.8) is 0 Å². The molecule has 0 heterocycles.